The molecule has 0 heterocycles. The van der Waals surface area contributed by atoms with Gasteiger partial charge in [-0.3, -0.25) is 0 Å². The zero-order valence-electron chi connectivity index (χ0n) is 13.4. The second-order valence-electron chi connectivity index (χ2n) is 5.60. The van der Waals surface area contributed by atoms with Crippen molar-refractivity contribution >= 4 is 0 Å². The van der Waals surface area contributed by atoms with Gasteiger partial charge in [-0.25, -0.2) is 0 Å². The van der Waals surface area contributed by atoms with Crippen LogP contribution in [-0.4, -0.2) is 34.6 Å². The Morgan fingerprint density at radius 2 is 1.21 bits per heavy atom. The molecule has 0 radical (unpaired) electrons. The molecular weight excluding hydrogens is 240 g/mol. The standard InChI is InChI=1S/C16H34O3/c1-5-9-15(18,10-6-2)16(11-7-3,12-8-4)19-14-13-17/h17-18H,5-14H2,1-4H3. The van der Waals surface area contributed by atoms with E-state index in [-0.39, 0.29) is 6.61 Å². The van der Waals surface area contributed by atoms with Crippen molar-refractivity contribution in [3.8, 4) is 0 Å². The van der Waals surface area contributed by atoms with E-state index in [1.807, 2.05) is 0 Å². The Balaban J connectivity index is 5.29. The van der Waals surface area contributed by atoms with E-state index in [1.165, 1.54) is 0 Å². The lowest BCUT2D eigenvalue weighted by molar-refractivity contribution is -0.203. The van der Waals surface area contributed by atoms with Crippen LogP contribution in [0.1, 0.15) is 79.1 Å². The fraction of sp³-hybridized carbons (Fsp3) is 1.00. The fourth-order valence-corrected chi connectivity index (χ4v) is 3.33. The number of hydrogen-bond acceptors (Lipinski definition) is 3. The summed E-state index contributed by atoms with van der Waals surface area (Å²) in [5, 5.41) is 20.3. The molecule has 0 saturated carbocycles. The van der Waals surface area contributed by atoms with E-state index >= 15 is 0 Å². The third kappa shape index (κ3) is 5.05. The first kappa shape index (κ1) is 18.9. The molecule has 0 aromatic rings. The molecule has 0 unspecified atom stereocenters. The quantitative estimate of drug-likeness (QED) is 0.571. The minimum absolute atomic E-state index is 0.0174. The smallest absolute Gasteiger partial charge is 0.0969 e. The Bertz CT molecular complexity index is 204. The molecule has 0 saturated heterocycles. The normalized spacial score (nSPS) is 12.9. The van der Waals surface area contributed by atoms with E-state index in [0.717, 1.165) is 51.4 Å². The highest BCUT2D eigenvalue weighted by atomic mass is 16.5. The van der Waals surface area contributed by atoms with Gasteiger partial charge in [0.25, 0.3) is 0 Å². The first-order chi connectivity index (χ1) is 9.05. The predicted molar refractivity (Wildman–Crippen MR) is 80.4 cm³/mol. The Morgan fingerprint density at radius 3 is 1.53 bits per heavy atom. The van der Waals surface area contributed by atoms with Crippen LogP contribution in [0.25, 0.3) is 0 Å². The SMILES string of the molecule is CCCC(O)(CCC)C(CCC)(CCC)OCCO. The van der Waals surface area contributed by atoms with Crippen LogP contribution in [0.4, 0.5) is 0 Å². The van der Waals surface area contributed by atoms with Crippen LogP contribution in [0.3, 0.4) is 0 Å². The van der Waals surface area contributed by atoms with Gasteiger partial charge in [-0.1, -0.05) is 53.4 Å². The summed E-state index contributed by atoms with van der Waals surface area (Å²) >= 11 is 0. The molecule has 0 amide bonds. The largest absolute Gasteiger partial charge is 0.394 e. The summed E-state index contributed by atoms with van der Waals surface area (Å²) in [6.07, 6.45) is 7.14. The highest BCUT2D eigenvalue weighted by molar-refractivity contribution is 5.00. The Morgan fingerprint density at radius 1 is 0.789 bits per heavy atom. The fourth-order valence-electron chi connectivity index (χ4n) is 3.33. The van der Waals surface area contributed by atoms with E-state index in [2.05, 4.69) is 27.7 Å². The van der Waals surface area contributed by atoms with E-state index < -0.39 is 11.2 Å². The molecule has 0 aromatic carbocycles. The molecule has 0 fully saturated rings. The lowest BCUT2D eigenvalue weighted by Crippen LogP contribution is -2.56. The molecule has 0 aromatic heterocycles. The molecular formula is C16H34O3. The average molecular weight is 274 g/mol. The minimum Gasteiger partial charge on any atom is -0.394 e. The zero-order valence-corrected chi connectivity index (χ0v) is 13.4. The van der Waals surface area contributed by atoms with Crippen molar-refractivity contribution in [1.29, 1.82) is 0 Å². The molecule has 0 aliphatic heterocycles. The summed E-state index contributed by atoms with van der Waals surface area (Å²) in [5.74, 6) is 0. The van der Waals surface area contributed by atoms with Crippen molar-refractivity contribution in [1.82, 2.24) is 0 Å². The maximum absolute atomic E-state index is 11.2. The summed E-state index contributed by atoms with van der Waals surface area (Å²) in [6.45, 7) is 8.81. The summed E-state index contributed by atoms with van der Waals surface area (Å²) in [5.41, 5.74) is -1.26. The van der Waals surface area contributed by atoms with Crippen LogP contribution in [0.5, 0.6) is 0 Å². The van der Waals surface area contributed by atoms with Crippen molar-refractivity contribution in [2.45, 2.75) is 90.3 Å². The molecule has 0 bridgehead atoms. The van der Waals surface area contributed by atoms with E-state index in [1.54, 1.807) is 0 Å². The van der Waals surface area contributed by atoms with Crippen LogP contribution in [0.15, 0.2) is 0 Å². The topological polar surface area (TPSA) is 49.7 Å². The maximum atomic E-state index is 11.2. The van der Waals surface area contributed by atoms with Gasteiger partial charge in [-0.2, -0.15) is 0 Å². The predicted octanol–water partition coefficient (Wildman–Crippen LogP) is 3.67. The second-order valence-corrected chi connectivity index (χ2v) is 5.60. The van der Waals surface area contributed by atoms with E-state index in [9.17, 15) is 5.11 Å². The maximum Gasteiger partial charge on any atom is 0.0969 e. The third-order valence-electron chi connectivity index (χ3n) is 3.95. The van der Waals surface area contributed by atoms with Crippen molar-refractivity contribution in [3.63, 3.8) is 0 Å². The van der Waals surface area contributed by atoms with Gasteiger partial charge < -0.3 is 14.9 Å². The van der Waals surface area contributed by atoms with Gasteiger partial charge in [0.15, 0.2) is 0 Å². The van der Waals surface area contributed by atoms with Gasteiger partial charge in [-0.05, 0) is 25.7 Å². The molecule has 0 spiro atoms. The van der Waals surface area contributed by atoms with Gasteiger partial charge in [-0.15, -0.1) is 0 Å². The lowest BCUT2D eigenvalue weighted by atomic mass is 9.71. The van der Waals surface area contributed by atoms with Crippen molar-refractivity contribution < 1.29 is 14.9 Å². The number of rotatable bonds is 12. The van der Waals surface area contributed by atoms with Crippen LogP contribution < -0.4 is 0 Å². The van der Waals surface area contributed by atoms with Crippen LogP contribution in [0.2, 0.25) is 0 Å². The van der Waals surface area contributed by atoms with Crippen LogP contribution in [-0.2, 0) is 4.74 Å². The first-order valence-corrected chi connectivity index (χ1v) is 8.03. The van der Waals surface area contributed by atoms with Crippen molar-refractivity contribution in [2.24, 2.45) is 0 Å². The van der Waals surface area contributed by atoms with Gasteiger partial charge in [0.2, 0.25) is 0 Å². The van der Waals surface area contributed by atoms with Crippen LogP contribution >= 0.6 is 0 Å². The summed E-state index contributed by atoms with van der Waals surface area (Å²) in [6, 6.07) is 0. The zero-order chi connectivity index (χ0) is 14.8. The second kappa shape index (κ2) is 9.73. The van der Waals surface area contributed by atoms with E-state index in [0.29, 0.717) is 6.61 Å². The highest BCUT2D eigenvalue weighted by Gasteiger charge is 2.48. The Kier molecular flexibility index (Phi) is 9.67. The van der Waals surface area contributed by atoms with Gasteiger partial charge in [0.1, 0.15) is 0 Å². The van der Waals surface area contributed by atoms with Crippen molar-refractivity contribution in [2.75, 3.05) is 13.2 Å². The van der Waals surface area contributed by atoms with Crippen LogP contribution in [0, 0.1) is 0 Å². The third-order valence-corrected chi connectivity index (χ3v) is 3.95. The van der Waals surface area contributed by atoms with Gasteiger partial charge >= 0.3 is 0 Å². The summed E-state index contributed by atoms with van der Waals surface area (Å²) in [4.78, 5) is 0. The van der Waals surface area contributed by atoms with Gasteiger partial charge in [0, 0.05) is 0 Å². The molecule has 116 valence electrons. The first-order valence-electron chi connectivity index (χ1n) is 8.03. The molecule has 3 heteroatoms. The summed E-state index contributed by atoms with van der Waals surface area (Å²) < 4.78 is 6.03. The number of hydrogen-bond donors (Lipinski definition) is 2. The molecule has 0 rings (SSSR count). The number of ether oxygens (including phenoxy) is 1. The molecule has 0 aliphatic carbocycles. The minimum atomic E-state index is -0.766. The molecule has 0 aliphatic rings. The molecule has 3 nitrogen and oxygen atoms in total. The van der Waals surface area contributed by atoms with Crippen molar-refractivity contribution in [3.05, 3.63) is 0 Å². The molecule has 0 atom stereocenters. The summed E-state index contributed by atoms with van der Waals surface area (Å²) in [7, 11) is 0. The number of aliphatic hydroxyl groups is 2. The Labute approximate surface area is 119 Å². The molecule has 2 N–H and O–H groups in total. The number of aliphatic hydroxyl groups excluding tert-OH is 1. The highest BCUT2D eigenvalue weighted by Crippen LogP contribution is 2.41. The van der Waals surface area contributed by atoms with E-state index in [4.69, 9.17) is 9.84 Å². The lowest BCUT2D eigenvalue weighted by Gasteiger charge is -2.48. The average Bonchev–Trinajstić information content (AvgIpc) is 2.37. The Hall–Kier alpha value is -0.120. The van der Waals surface area contributed by atoms with Gasteiger partial charge in [0.05, 0.1) is 24.4 Å². The molecule has 19 heavy (non-hydrogen) atoms. The monoisotopic (exact) mass is 274 g/mol.